The Hall–Kier alpha value is -1.56. The number of piperazine rings is 1. The topological polar surface area (TPSA) is 49.4 Å². The van der Waals surface area contributed by atoms with E-state index in [2.05, 4.69) is 5.32 Å². The lowest BCUT2D eigenvalue weighted by atomic mass is 10.1. The second-order valence-corrected chi connectivity index (χ2v) is 5.91. The normalized spacial score (nSPS) is 18.5. The van der Waals surface area contributed by atoms with Crippen molar-refractivity contribution in [1.82, 2.24) is 10.2 Å². The fourth-order valence-corrected chi connectivity index (χ4v) is 3.21. The van der Waals surface area contributed by atoms with Crippen molar-refractivity contribution in [3.8, 4) is 0 Å². The van der Waals surface area contributed by atoms with Crippen LogP contribution in [0.15, 0.2) is 24.3 Å². The van der Waals surface area contributed by atoms with Gasteiger partial charge in [0.15, 0.2) is 0 Å². The van der Waals surface area contributed by atoms with E-state index in [9.17, 15) is 14.0 Å². The number of carbonyl (C=O) groups is 2. The van der Waals surface area contributed by atoms with Crippen LogP contribution in [0.1, 0.15) is 18.9 Å². The van der Waals surface area contributed by atoms with Crippen LogP contribution in [0.25, 0.3) is 0 Å². The lowest BCUT2D eigenvalue weighted by Gasteiger charge is -2.34. The number of thioether (sulfide) groups is 1. The maximum atomic E-state index is 12.8. The first-order valence-corrected chi connectivity index (χ1v) is 8.16. The van der Waals surface area contributed by atoms with Crippen LogP contribution in [0.4, 0.5) is 4.39 Å². The highest BCUT2D eigenvalue weighted by atomic mass is 32.2. The van der Waals surface area contributed by atoms with Crippen molar-refractivity contribution in [2.24, 2.45) is 0 Å². The highest BCUT2D eigenvalue weighted by Gasteiger charge is 2.31. The van der Waals surface area contributed by atoms with E-state index in [4.69, 9.17) is 0 Å². The van der Waals surface area contributed by atoms with Gasteiger partial charge in [0.05, 0.1) is 5.75 Å². The van der Waals surface area contributed by atoms with Crippen LogP contribution in [-0.4, -0.2) is 41.6 Å². The Morgan fingerprint density at radius 3 is 2.81 bits per heavy atom. The molecular weight excluding hydrogens is 291 g/mol. The molecule has 2 amide bonds. The molecule has 1 atom stereocenters. The minimum atomic E-state index is -0.349. The molecule has 1 saturated heterocycles. The molecule has 1 N–H and O–H groups in total. The summed E-state index contributed by atoms with van der Waals surface area (Å²) in [5.74, 6) is 0.652. The molecule has 4 nitrogen and oxygen atoms in total. The first-order chi connectivity index (χ1) is 10.1. The smallest absolute Gasteiger partial charge is 0.242 e. The maximum absolute atomic E-state index is 12.8. The summed E-state index contributed by atoms with van der Waals surface area (Å²) in [7, 11) is 0. The van der Waals surface area contributed by atoms with Crippen LogP contribution in [0, 0.1) is 5.82 Å². The fraction of sp³-hybridized carbons (Fsp3) is 0.467. The predicted octanol–water partition coefficient (Wildman–Crippen LogP) is 1.80. The Balaban J connectivity index is 1.83. The molecule has 1 aromatic carbocycles. The van der Waals surface area contributed by atoms with Crippen molar-refractivity contribution in [3.05, 3.63) is 35.6 Å². The zero-order valence-corrected chi connectivity index (χ0v) is 12.8. The first-order valence-electron chi connectivity index (χ1n) is 7.01. The van der Waals surface area contributed by atoms with E-state index in [0.717, 1.165) is 5.56 Å². The first kappa shape index (κ1) is 15.8. The Bertz CT molecular complexity index is 507. The quantitative estimate of drug-likeness (QED) is 0.902. The monoisotopic (exact) mass is 310 g/mol. The van der Waals surface area contributed by atoms with Crippen LogP contribution in [-0.2, 0) is 15.3 Å². The second-order valence-electron chi connectivity index (χ2n) is 4.92. The Morgan fingerprint density at radius 2 is 2.14 bits per heavy atom. The molecule has 1 fully saturated rings. The largest absolute Gasteiger partial charge is 0.353 e. The Morgan fingerprint density at radius 1 is 1.43 bits per heavy atom. The van der Waals surface area contributed by atoms with Crippen molar-refractivity contribution in [2.75, 3.05) is 18.8 Å². The zero-order valence-electron chi connectivity index (χ0n) is 12.0. The average molecular weight is 310 g/mol. The summed E-state index contributed by atoms with van der Waals surface area (Å²) < 4.78 is 12.8. The summed E-state index contributed by atoms with van der Waals surface area (Å²) in [5.41, 5.74) is 0.984. The van der Waals surface area contributed by atoms with Crippen LogP contribution in [0.3, 0.4) is 0 Å². The van der Waals surface area contributed by atoms with E-state index in [1.54, 1.807) is 17.0 Å². The lowest BCUT2D eigenvalue weighted by Crippen LogP contribution is -2.57. The van der Waals surface area contributed by atoms with Gasteiger partial charge < -0.3 is 10.2 Å². The van der Waals surface area contributed by atoms with E-state index >= 15 is 0 Å². The molecule has 0 bridgehead atoms. The Kier molecular flexibility index (Phi) is 5.61. The number of nitrogens with one attached hydrogen (secondary N) is 1. The Labute approximate surface area is 128 Å². The molecule has 1 aliphatic heterocycles. The minimum absolute atomic E-state index is 0.0104. The fourth-order valence-electron chi connectivity index (χ4n) is 2.34. The van der Waals surface area contributed by atoms with E-state index in [0.29, 0.717) is 31.0 Å². The molecule has 0 radical (unpaired) electrons. The molecule has 6 heteroatoms. The highest BCUT2D eigenvalue weighted by Crippen LogP contribution is 2.16. The van der Waals surface area contributed by atoms with Crippen molar-refractivity contribution < 1.29 is 14.0 Å². The standard InChI is InChI=1S/C15H19FN2O2S/c1-2-13-15(20)17-7-8-18(13)14(19)10-21-9-11-3-5-12(16)6-4-11/h3-6,13H,2,7-10H2,1H3,(H,17,20). The van der Waals surface area contributed by atoms with Gasteiger partial charge >= 0.3 is 0 Å². The molecule has 0 saturated carbocycles. The zero-order chi connectivity index (χ0) is 15.2. The van der Waals surface area contributed by atoms with Gasteiger partial charge in [-0.2, -0.15) is 0 Å². The lowest BCUT2D eigenvalue weighted by molar-refractivity contribution is -0.141. The minimum Gasteiger partial charge on any atom is -0.353 e. The van der Waals surface area contributed by atoms with Gasteiger partial charge in [0.25, 0.3) is 0 Å². The molecule has 0 aliphatic carbocycles. The van der Waals surface area contributed by atoms with Gasteiger partial charge in [0.1, 0.15) is 11.9 Å². The van der Waals surface area contributed by atoms with Gasteiger partial charge in [-0.3, -0.25) is 9.59 Å². The van der Waals surface area contributed by atoms with E-state index in [-0.39, 0.29) is 23.7 Å². The third-order valence-electron chi connectivity index (χ3n) is 3.45. The van der Waals surface area contributed by atoms with Gasteiger partial charge in [-0.1, -0.05) is 19.1 Å². The second kappa shape index (κ2) is 7.45. The molecule has 1 heterocycles. The van der Waals surface area contributed by atoms with Crippen LogP contribution in [0.2, 0.25) is 0 Å². The number of carbonyl (C=O) groups excluding carboxylic acids is 2. The number of amides is 2. The molecule has 1 aromatic rings. The number of rotatable bonds is 5. The van der Waals surface area contributed by atoms with Gasteiger partial charge in [0, 0.05) is 18.8 Å². The van der Waals surface area contributed by atoms with Crippen LogP contribution < -0.4 is 5.32 Å². The van der Waals surface area contributed by atoms with E-state index in [1.807, 2.05) is 6.92 Å². The van der Waals surface area contributed by atoms with Gasteiger partial charge in [-0.25, -0.2) is 4.39 Å². The SMILES string of the molecule is CCC1C(=O)NCCN1C(=O)CSCc1ccc(F)cc1. The van der Waals surface area contributed by atoms with Gasteiger partial charge in [-0.05, 0) is 24.1 Å². The maximum Gasteiger partial charge on any atom is 0.242 e. The summed E-state index contributed by atoms with van der Waals surface area (Å²) in [6, 6.07) is 5.92. The van der Waals surface area contributed by atoms with Crippen molar-refractivity contribution in [2.45, 2.75) is 25.1 Å². The molecule has 0 aromatic heterocycles. The molecule has 1 aliphatic rings. The summed E-state index contributed by atoms with van der Waals surface area (Å²) in [5, 5.41) is 2.78. The summed E-state index contributed by atoms with van der Waals surface area (Å²) in [6.45, 7) is 2.99. The summed E-state index contributed by atoms with van der Waals surface area (Å²) in [6.07, 6.45) is 0.625. The molecule has 21 heavy (non-hydrogen) atoms. The number of halogens is 1. The summed E-state index contributed by atoms with van der Waals surface area (Å²) in [4.78, 5) is 25.6. The van der Waals surface area contributed by atoms with E-state index in [1.165, 1.54) is 23.9 Å². The van der Waals surface area contributed by atoms with Crippen molar-refractivity contribution >= 4 is 23.6 Å². The predicted molar refractivity (Wildman–Crippen MR) is 81.4 cm³/mol. The van der Waals surface area contributed by atoms with Gasteiger partial charge in [0.2, 0.25) is 11.8 Å². The highest BCUT2D eigenvalue weighted by molar-refractivity contribution is 7.99. The van der Waals surface area contributed by atoms with Crippen LogP contribution in [0.5, 0.6) is 0 Å². The number of hydrogen-bond acceptors (Lipinski definition) is 3. The van der Waals surface area contributed by atoms with Gasteiger partial charge in [-0.15, -0.1) is 11.8 Å². The van der Waals surface area contributed by atoms with Crippen LogP contribution >= 0.6 is 11.8 Å². The third-order valence-corrected chi connectivity index (χ3v) is 4.43. The molecule has 2 rings (SSSR count). The number of benzene rings is 1. The molecule has 0 spiro atoms. The number of nitrogens with zero attached hydrogens (tertiary/aromatic N) is 1. The third kappa shape index (κ3) is 4.20. The number of hydrogen-bond donors (Lipinski definition) is 1. The van der Waals surface area contributed by atoms with Crippen molar-refractivity contribution in [1.29, 1.82) is 0 Å². The summed E-state index contributed by atoms with van der Waals surface area (Å²) >= 11 is 1.48. The molecular formula is C15H19FN2O2S. The average Bonchev–Trinajstić information content (AvgIpc) is 2.49. The molecule has 1 unspecified atom stereocenters. The molecule has 114 valence electrons. The van der Waals surface area contributed by atoms with E-state index < -0.39 is 0 Å². The van der Waals surface area contributed by atoms with Crippen molar-refractivity contribution in [3.63, 3.8) is 0 Å².